The quantitative estimate of drug-likeness (QED) is 0.181. The number of benzene rings is 3. The molecule has 0 unspecified atom stereocenters. The van der Waals surface area contributed by atoms with E-state index < -0.39 is 0 Å². The minimum absolute atomic E-state index is 0.0138. The number of aromatic nitrogens is 2. The van der Waals surface area contributed by atoms with E-state index >= 15 is 0 Å². The van der Waals surface area contributed by atoms with Gasteiger partial charge >= 0.3 is 0 Å². The van der Waals surface area contributed by atoms with Gasteiger partial charge in [-0.3, -0.25) is 9.88 Å². The molecule has 1 aliphatic carbocycles. The van der Waals surface area contributed by atoms with Crippen molar-refractivity contribution in [2.45, 2.75) is 83.6 Å². The number of ether oxygens (including phenoxy) is 2. The predicted octanol–water partition coefficient (Wildman–Crippen LogP) is 11.1. The lowest BCUT2D eigenvalue weighted by Crippen LogP contribution is -2.31. The van der Waals surface area contributed by atoms with Crippen LogP contribution in [-0.2, 0) is 15.6 Å². The number of anilines is 3. The van der Waals surface area contributed by atoms with Crippen LogP contribution in [0.3, 0.4) is 0 Å². The highest BCUT2D eigenvalue weighted by atomic mass is 16.5. The Morgan fingerprint density at radius 2 is 1.52 bits per heavy atom. The van der Waals surface area contributed by atoms with Gasteiger partial charge in [0.1, 0.15) is 23.9 Å². The Balaban J connectivity index is 1.20. The molecule has 6 nitrogen and oxygen atoms in total. The van der Waals surface area contributed by atoms with Crippen LogP contribution in [0.5, 0.6) is 11.5 Å². The number of para-hydroxylation sites is 1. The topological polar surface area (TPSA) is 59.8 Å². The third kappa shape index (κ3) is 6.06. The molecule has 1 atom stereocenters. The second-order valence-corrected chi connectivity index (χ2v) is 15.6. The van der Waals surface area contributed by atoms with E-state index in [-0.39, 0.29) is 16.9 Å². The summed E-state index contributed by atoms with van der Waals surface area (Å²) in [7, 11) is 0. The van der Waals surface area contributed by atoms with Crippen LogP contribution >= 0.6 is 0 Å². The molecule has 6 heteroatoms. The molecule has 1 saturated carbocycles. The van der Waals surface area contributed by atoms with Crippen molar-refractivity contribution in [2.24, 2.45) is 10.9 Å². The molecule has 1 fully saturated rings. The summed E-state index contributed by atoms with van der Waals surface area (Å²) >= 11 is 0. The number of nitrogens with zero attached hydrogens (tertiary/aromatic N) is 4. The summed E-state index contributed by atoms with van der Waals surface area (Å²) < 4.78 is 13.1. The van der Waals surface area contributed by atoms with Gasteiger partial charge in [0, 0.05) is 35.0 Å². The average molecular weight is 663 g/mol. The number of hydrogen-bond donors (Lipinski definition) is 0. The minimum Gasteiger partial charge on any atom is -0.475 e. The number of rotatable bonds is 6. The number of aliphatic imine (C=N–C) groups is 1. The van der Waals surface area contributed by atoms with Crippen LogP contribution < -0.4 is 9.64 Å². The van der Waals surface area contributed by atoms with Gasteiger partial charge in [-0.15, -0.1) is 0 Å². The Hall–Kier alpha value is -4.97. The first-order valence-electron chi connectivity index (χ1n) is 18.1. The lowest BCUT2D eigenvalue weighted by molar-refractivity contribution is 0.240. The van der Waals surface area contributed by atoms with E-state index in [1.807, 2.05) is 30.6 Å². The highest BCUT2D eigenvalue weighted by Gasteiger charge is 2.38. The van der Waals surface area contributed by atoms with Gasteiger partial charge in [-0.2, -0.15) is 0 Å². The molecule has 5 aromatic rings. The smallest absolute Gasteiger partial charge is 0.216 e. The van der Waals surface area contributed by atoms with Gasteiger partial charge < -0.3 is 9.47 Å². The van der Waals surface area contributed by atoms with Crippen LogP contribution in [0.4, 0.5) is 17.2 Å². The van der Waals surface area contributed by atoms with Gasteiger partial charge in [0.15, 0.2) is 0 Å². The van der Waals surface area contributed by atoms with Crippen molar-refractivity contribution in [2.75, 3.05) is 11.5 Å². The van der Waals surface area contributed by atoms with E-state index in [4.69, 9.17) is 19.5 Å². The molecule has 0 saturated heterocycles. The zero-order chi connectivity index (χ0) is 34.5. The normalized spacial score (nSPS) is 18.5. The van der Waals surface area contributed by atoms with Crippen LogP contribution in [0, 0.1) is 5.92 Å². The molecule has 3 aliphatic rings. The summed E-state index contributed by atoms with van der Waals surface area (Å²) in [6.45, 7) is 12.0. The second kappa shape index (κ2) is 12.7. The predicted molar refractivity (Wildman–Crippen MR) is 202 cm³/mol. The Bertz CT molecular complexity index is 2060. The third-order valence-electron chi connectivity index (χ3n) is 10.8. The van der Waals surface area contributed by atoms with Crippen LogP contribution in [0.2, 0.25) is 0 Å². The first kappa shape index (κ1) is 32.2. The van der Waals surface area contributed by atoms with Gasteiger partial charge in [0.2, 0.25) is 5.90 Å². The highest BCUT2D eigenvalue weighted by molar-refractivity contribution is 5.97. The summed E-state index contributed by atoms with van der Waals surface area (Å²) in [6, 6.07) is 31.9. The van der Waals surface area contributed by atoms with Crippen molar-refractivity contribution in [3.63, 3.8) is 0 Å². The summed E-state index contributed by atoms with van der Waals surface area (Å²) in [5.41, 5.74) is 8.43. The summed E-state index contributed by atoms with van der Waals surface area (Å²) in [5.74, 6) is 3.65. The van der Waals surface area contributed by atoms with Crippen molar-refractivity contribution in [1.82, 2.24) is 9.97 Å². The largest absolute Gasteiger partial charge is 0.475 e. The van der Waals surface area contributed by atoms with Crippen molar-refractivity contribution in [1.29, 1.82) is 0 Å². The zero-order valence-corrected chi connectivity index (χ0v) is 29.8. The van der Waals surface area contributed by atoms with E-state index in [1.165, 1.54) is 48.8 Å². The van der Waals surface area contributed by atoms with Crippen molar-refractivity contribution >= 4 is 23.1 Å². The lowest BCUT2D eigenvalue weighted by Gasteiger charge is -2.41. The molecule has 0 amide bonds. The zero-order valence-electron chi connectivity index (χ0n) is 29.8. The number of pyridine rings is 2. The summed E-state index contributed by atoms with van der Waals surface area (Å²) in [4.78, 5) is 17.0. The highest BCUT2D eigenvalue weighted by Crippen LogP contribution is 2.52. The summed E-state index contributed by atoms with van der Waals surface area (Å²) in [5, 5.41) is 0. The maximum Gasteiger partial charge on any atom is 0.216 e. The maximum absolute atomic E-state index is 6.78. The molecule has 254 valence electrons. The van der Waals surface area contributed by atoms with Gasteiger partial charge in [-0.1, -0.05) is 84.2 Å². The number of fused-ring (bicyclic) bond motifs is 2. The molecular formula is C44H46N4O2. The Morgan fingerprint density at radius 1 is 0.740 bits per heavy atom. The van der Waals surface area contributed by atoms with E-state index in [9.17, 15) is 0 Å². The maximum atomic E-state index is 6.78. The molecule has 8 rings (SSSR count). The molecule has 4 heterocycles. The standard InChI is InChI=1S/C44H46N4O2/c1-43(2,3)32-20-22-46-41(26-32)48-39-17-10-9-15-35(39)44(4,5)36-19-18-33(27-40(36)48)50-34-24-30(37-16-11-12-21-45-37)23-31(25-34)42-47-38(28-49-42)29-13-7-6-8-14-29/h9-12,15-27,29,38H,6-8,13-14,28H2,1-5H3/t38-/m0/s1. The molecule has 2 aliphatic heterocycles. The van der Waals surface area contributed by atoms with Crippen molar-refractivity contribution in [3.8, 4) is 22.8 Å². The van der Waals surface area contributed by atoms with Gasteiger partial charge in [-0.05, 0) is 95.5 Å². The van der Waals surface area contributed by atoms with E-state index in [0.717, 1.165) is 39.8 Å². The van der Waals surface area contributed by atoms with Gasteiger partial charge in [0.25, 0.3) is 0 Å². The Labute approximate surface area is 296 Å². The number of hydrogen-bond acceptors (Lipinski definition) is 6. The fourth-order valence-corrected chi connectivity index (χ4v) is 7.92. The van der Waals surface area contributed by atoms with Crippen molar-refractivity contribution < 1.29 is 9.47 Å². The molecule has 0 spiro atoms. The molecule has 2 aromatic heterocycles. The van der Waals surface area contributed by atoms with Crippen LogP contribution in [0.15, 0.2) is 108 Å². The van der Waals surface area contributed by atoms with Gasteiger partial charge in [-0.25, -0.2) is 9.98 Å². The van der Waals surface area contributed by atoms with Crippen LogP contribution in [-0.4, -0.2) is 28.5 Å². The Morgan fingerprint density at radius 3 is 2.32 bits per heavy atom. The second-order valence-electron chi connectivity index (χ2n) is 15.6. The van der Waals surface area contributed by atoms with Crippen LogP contribution in [0.25, 0.3) is 11.3 Å². The lowest BCUT2D eigenvalue weighted by atomic mass is 9.73. The molecule has 50 heavy (non-hydrogen) atoms. The molecule has 0 radical (unpaired) electrons. The first-order chi connectivity index (χ1) is 24.1. The van der Waals surface area contributed by atoms with E-state index in [1.54, 1.807) is 0 Å². The van der Waals surface area contributed by atoms with E-state index in [0.29, 0.717) is 24.2 Å². The molecule has 3 aromatic carbocycles. The first-order valence-corrected chi connectivity index (χ1v) is 18.1. The van der Waals surface area contributed by atoms with E-state index in [2.05, 4.69) is 117 Å². The average Bonchev–Trinajstić information content (AvgIpc) is 3.63. The third-order valence-corrected chi connectivity index (χ3v) is 10.8. The molecule has 0 bridgehead atoms. The summed E-state index contributed by atoms with van der Waals surface area (Å²) in [6.07, 6.45) is 10.1. The minimum atomic E-state index is -0.221. The molecule has 0 N–H and O–H groups in total. The molecular weight excluding hydrogens is 617 g/mol. The Kier molecular flexibility index (Phi) is 8.21. The SMILES string of the molecule is CC(C)(C)c1ccnc(N2c3ccccc3C(C)(C)c3ccc(Oc4cc(C5=N[C@H](C6CCCCC6)CO5)cc(-c5ccccn5)c4)cc32)c1. The monoisotopic (exact) mass is 662 g/mol. The fraction of sp³-hybridized carbons (Fsp3) is 0.341. The van der Waals surface area contributed by atoms with Gasteiger partial charge in [0.05, 0.1) is 23.1 Å². The van der Waals surface area contributed by atoms with Crippen molar-refractivity contribution in [3.05, 3.63) is 126 Å². The van der Waals surface area contributed by atoms with Crippen LogP contribution in [0.1, 0.15) is 89.0 Å². The fourth-order valence-electron chi connectivity index (χ4n) is 7.92.